The zero-order valence-electron chi connectivity index (χ0n) is 10.7. The summed E-state index contributed by atoms with van der Waals surface area (Å²) in [5.41, 5.74) is -1.20. The quantitative estimate of drug-likeness (QED) is 0.847. The molecule has 20 heavy (non-hydrogen) atoms. The first-order valence-corrected chi connectivity index (χ1v) is 5.84. The fourth-order valence-corrected chi connectivity index (χ4v) is 1.66. The van der Waals surface area contributed by atoms with Gasteiger partial charge in [0.1, 0.15) is 0 Å². The molecule has 0 heterocycles. The highest BCUT2D eigenvalue weighted by atomic mass is 19.4. The number of alkyl halides is 3. The molecule has 7 heteroatoms. The van der Waals surface area contributed by atoms with Gasteiger partial charge in [-0.1, -0.05) is 0 Å². The number of hydrogen-bond donors (Lipinski definition) is 1. The lowest BCUT2D eigenvalue weighted by Crippen LogP contribution is -2.13. The average Bonchev–Trinajstić information content (AvgIpc) is 2.35. The first-order valence-electron chi connectivity index (χ1n) is 5.84. The van der Waals surface area contributed by atoms with Crippen LogP contribution in [0.25, 0.3) is 0 Å². The molecule has 1 aromatic rings. The number of carboxylic acid groups (broad SMARTS) is 1. The van der Waals surface area contributed by atoms with Crippen LogP contribution in [0.15, 0.2) is 18.2 Å². The standard InChI is InChI=1S/C13H13F3O4/c1-2-20-12(19)9-3-5-10(13(14,15)16)8(7-9)4-6-11(17)18/h3,5,7H,2,4,6H2,1H3,(H,17,18). The Hall–Kier alpha value is -2.05. The van der Waals surface area contributed by atoms with Gasteiger partial charge in [0, 0.05) is 6.42 Å². The number of esters is 1. The normalized spacial score (nSPS) is 11.2. The molecule has 0 unspecified atom stereocenters. The van der Waals surface area contributed by atoms with Gasteiger partial charge >= 0.3 is 18.1 Å². The first kappa shape index (κ1) is 16.0. The highest BCUT2D eigenvalue weighted by Gasteiger charge is 2.33. The van der Waals surface area contributed by atoms with Crippen LogP contribution in [-0.4, -0.2) is 23.7 Å². The minimum absolute atomic E-state index is 0.0276. The Morgan fingerprint density at radius 1 is 1.30 bits per heavy atom. The van der Waals surface area contributed by atoms with Crippen molar-refractivity contribution in [1.82, 2.24) is 0 Å². The third-order valence-corrected chi connectivity index (χ3v) is 2.53. The first-order chi connectivity index (χ1) is 9.25. The molecular weight excluding hydrogens is 277 g/mol. The van der Waals surface area contributed by atoms with Gasteiger partial charge in [0.05, 0.1) is 17.7 Å². The van der Waals surface area contributed by atoms with Crippen molar-refractivity contribution >= 4 is 11.9 Å². The number of aryl methyl sites for hydroxylation is 1. The summed E-state index contributed by atoms with van der Waals surface area (Å²) in [6, 6.07) is 2.82. The van der Waals surface area contributed by atoms with E-state index in [0.717, 1.165) is 18.2 Å². The lowest BCUT2D eigenvalue weighted by Gasteiger charge is -2.13. The Morgan fingerprint density at radius 2 is 1.95 bits per heavy atom. The molecule has 0 aliphatic rings. The topological polar surface area (TPSA) is 63.6 Å². The van der Waals surface area contributed by atoms with E-state index in [2.05, 4.69) is 0 Å². The van der Waals surface area contributed by atoms with E-state index in [1.165, 1.54) is 0 Å². The molecule has 0 saturated heterocycles. The predicted molar refractivity (Wildman–Crippen MR) is 63.4 cm³/mol. The summed E-state index contributed by atoms with van der Waals surface area (Å²) < 4.78 is 43.1. The number of ether oxygens (including phenoxy) is 1. The Balaban J connectivity index is 3.14. The van der Waals surface area contributed by atoms with Gasteiger partial charge in [-0.05, 0) is 37.1 Å². The van der Waals surface area contributed by atoms with Crippen LogP contribution < -0.4 is 0 Å². The van der Waals surface area contributed by atoms with Gasteiger partial charge in [0.15, 0.2) is 0 Å². The van der Waals surface area contributed by atoms with Crippen molar-refractivity contribution in [3.8, 4) is 0 Å². The maximum absolute atomic E-state index is 12.8. The van der Waals surface area contributed by atoms with Gasteiger partial charge in [0.25, 0.3) is 0 Å². The third-order valence-electron chi connectivity index (χ3n) is 2.53. The van der Waals surface area contributed by atoms with Crippen LogP contribution in [-0.2, 0) is 22.1 Å². The molecule has 0 fully saturated rings. The Labute approximate surface area is 113 Å². The average molecular weight is 290 g/mol. The summed E-state index contributed by atoms with van der Waals surface area (Å²) in [5.74, 6) is -1.95. The van der Waals surface area contributed by atoms with E-state index in [4.69, 9.17) is 9.84 Å². The molecule has 1 N–H and O–H groups in total. The van der Waals surface area contributed by atoms with Gasteiger partial charge in [-0.3, -0.25) is 4.79 Å². The Bertz CT molecular complexity index is 509. The minimum Gasteiger partial charge on any atom is -0.481 e. The molecular formula is C13H13F3O4. The summed E-state index contributed by atoms with van der Waals surface area (Å²) in [6.45, 7) is 1.68. The second kappa shape index (κ2) is 6.40. The van der Waals surface area contributed by atoms with Gasteiger partial charge in [-0.2, -0.15) is 13.2 Å². The zero-order valence-corrected chi connectivity index (χ0v) is 10.7. The molecule has 0 aliphatic heterocycles. The van der Waals surface area contributed by atoms with Crippen molar-refractivity contribution < 1.29 is 32.6 Å². The molecule has 0 atom stereocenters. The van der Waals surface area contributed by atoms with Crippen LogP contribution in [0.4, 0.5) is 13.2 Å². The second-order valence-corrected chi connectivity index (χ2v) is 3.98. The van der Waals surface area contributed by atoms with Crippen LogP contribution in [0, 0.1) is 0 Å². The smallest absolute Gasteiger partial charge is 0.416 e. The van der Waals surface area contributed by atoms with Crippen LogP contribution in [0.2, 0.25) is 0 Å². The largest absolute Gasteiger partial charge is 0.481 e. The van der Waals surface area contributed by atoms with Crippen molar-refractivity contribution in [3.05, 3.63) is 34.9 Å². The van der Waals surface area contributed by atoms with Gasteiger partial charge in [-0.25, -0.2) is 4.79 Å². The van der Waals surface area contributed by atoms with Crippen LogP contribution in [0.3, 0.4) is 0 Å². The van der Waals surface area contributed by atoms with Crippen LogP contribution in [0.1, 0.15) is 34.8 Å². The summed E-state index contributed by atoms with van der Waals surface area (Å²) in [4.78, 5) is 22.0. The molecule has 0 radical (unpaired) electrons. The number of carbonyl (C=O) groups is 2. The van der Waals surface area contributed by atoms with E-state index in [9.17, 15) is 22.8 Å². The van der Waals surface area contributed by atoms with Gasteiger partial charge < -0.3 is 9.84 Å². The van der Waals surface area contributed by atoms with E-state index >= 15 is 0 Å². The highest BCUT2D eigenvalue weighted by Crippen LogP contribution is 2.33. The molecule has 0 bridgehead atoms. The summed E-state index contributed by atoms with van der Waals surface area (Å²) in [6.07, 6.45) is -5.35. The molecule has 1 rings (SSSR count). The molecule has 0 aromatic heterocycles. The number of rotatable bonds is 5. The number of carbonyl (C=O) groups excluding carboxylic acids is 1. The summed E-state index contributed by atoms with van der Waals surface area (Å²) in [5, 5.41) is 8.56. The Kier molecular flexibility index (Phi) is 5.12. The van der Waals surface area contributed by atoms with Crippen LogP contribution in [0.5, 0.6) is 0 Å². The van der Waals surface area contributed by atoms with E-state index in [0.29, 0.717) is 0 Å². The third kappa shape index (κ3) is 4.25. The van der Waals surface area contributed by atoms with Crippen molar-refractivity contribution in [3.63, 3.8) is 0 Å². The second-order valence-electron chi connectivity index (χ2n) is 3.98. The van der Waals surface area contributed by atoms with Crippen molar-refractivity contribution in [1.29, 1.82) is 0 Å². The van der Waals surface area contributed by atoms with Crippen LogP contribution >= 0.6 is 0 Å². The minimum atomic E-state index is -4.60. The lowest BCUT2D eigenvalue weighted by atomic mass is 9.99. The fourth-order valence-electron chi connectivity index (χ4n) is 1.66. The highest BCUT2D eigenvalue weighted by molar-refractivity contribution is 5.89. The molecule has 110 valence electrons. The number of benzene rings is 1. The number of halogens is 3. The summed E-state index contributed by atoms with van der Waals surface area (Å²) >= 11 is 0. The molecule has 0 aliphatic carbocycles. The van der Waals surface area contributed by atoms with Gasteiger partial charge in [-0.15, -0.1) is 0 Å². The molecule has 0 saturated carbocycles. The summed E-state index contributed by atoms with van der Waals surface area (Å²) in [7, 11) is 0. The van der Waals surface area contributed by atoms with E-state index in [1.54, 1.807) is 6.92 Å². The number of hydrogen-bond acceptors (Lipinski definition) is 3. The monoisotopic (exact) mass is 290 g/mol. The van der Waals surface area contributed by atoms with E-state index < -0.39 is 30.1 Å². The zero-order chi connectivity index (χ0) is 15.3. The van der Waals surface area contributed by atoms with E-state index in [-0.39, 0.29) is 24.2 Å². The molecule has 0 amide bonds. The number of carboxylic acids is 1. The molecule has 0 spiro atoms. The van der Waals surface area contributed by atoms with E-state index in [1.807, 2.05) is 0 Å². The lowest BCUT2D eigenvalue weighted by molar-refractivity contribution is -0.140. The molecule has 4 nitrogen and oxygen atoms in total. The predicted octanol–water partition coefficient (Wildman–Crippen LogP) is 2.90. The maximum atomic E-state index is 12.8. The fraction of sp³-hybridized carbons (Fsp3) is 0.385. The number of aliphatic carboxylic acids is 1. The maximum Gasteiger partial charge on any atom is 0.416 e. The molecule has 1 aromatic carbocycles. The van der Waals surface area contributed by atoms with Crippen molar-refractivity contribution in [2.75, 3.05) is 6.61 Å². The van der Waals surface area contributed by atoms with Crippen molar-refractivity contribution in [2.24, 2.45) is 0 Å². The SMILES string of the molecule is CCOC(=O)c1ccc(C(F)(F)F)c(CCC(=O)O)c1. The van der Waals surface area contributed by atoms with Crippen molar-refractivity contribution in [2.45, 2.75) is 25.9 Å². The van der Waals surface area contributed by atoms with Gasteiger partial charge in [0.2, 0.25) is 0 Å². The Morgan fingerprint density at radius 3 is 2.45 bits per heavy atom.